The van der Waals surface area contributed by atoms with Crippen molar-refractivity contribution in [3.63, 3.8) is 0 Å². The van der Waals surface area contributed by atoms with Crippen LogP contribution >= 0.6 is 0 Å². The first-order valence-electron chi connectivity index (χ1n) is 7.93. The number of hydrogen-bond donors (Lipinski definition) is 0. The van der Waals surface area contributed by atoms with Crippen LogP contribution in [-0.2, 0) is 13.0 Å². The van der Waals surface area contributed by atoms with E-state index < -0.39 is 0 Å². The minimum absolute atomic E-state index is 0.584. The lowest BCUT2D eigenvalue weighted by molar-refractivity contribution is 0.306. The average molecular weight is 317 g/mol. The smallest absolute Gasteiger partial charge is 0.119 e. The van der Waals surface area contributed by atoms with Gasteiger partial charge in [0.05, 0.1) is 12.2 Å². The Balaban J connectivity index is 1.45. The third-order valence-electron chi connectivity index (χ3n) is 3.52. The van der Waals surface area contributed by atoms with Gasteiger partial charge in [-0.1, -0.05) is 42.5 Å². The summed E-state index contributed by atoms with van der Waals surface area (Å²) in [5.74, 6) is 0.876. The lowest BCUT2D eigenvalue weighted by Crippen LogP contribution is -1.95. The molecule has 4 heteroatoms. The Morgan fingerprint density at radius 2 is 1.54 bits per heavy atom. The van der Waals surface area contributed by atoms with Crippen LogP contribution < -0.4 is 4.74 Å². The van der Waals surface area contributed by atoms with Gasteiger partial charge in [0.25, 0.3) is 0 Å². The SMILES string of the molecule is c1ccc(COc2ccc(CCN=Nc3ccncc3)cc2)cc1. The van der Waals surface area contributed by atoms with E-state index in [0.29, 0.717) is 13.2 Å². The molecule has 3 rings (SSSR count). The lowest BCUT2D eigenvalue weighted by atomic mass is 10.1. The molecule has 0 aliphatic carbocycles. The van der Waals surface area contributed by atoms with Gasteiger partial charge < -0.3 is 4.74 Å². The van der Waals surface area contributed by atoms with Gasteiger partial charge in [0.1, 0.15) is 12.4 Å². The Hall–Kier alpha value is -3.01. The highest BCUT2D eigenvalue weighted by molar-refractivity contribution is 5.32. The molecular weight excluding hydrogens is 298 g/mol. The van der Waals surface area contributed by atoms with Crippen LogP contribution in [0.2, 0.25) is 0 Å². The highest BCUT2D eigenvalue weighted by Gasteiger charge is 1.97. The Morgan fingerprint density at radius 1 is 0.792 bits per heavy atom. The van der Waals surface area contributed by atoms with E-state index in [2.05, 4.69) is 39.5 Å². The normalized spacial score (nSPS) is 10.8. The number of benzene rings is 2. The van der Waals surface area contributed by atoms with Crippen LogP contribution in [0.3, 0.4) is 0 Å². The minimum Gasteiger partial charge on any atom is -0.489 e. The second kappa shape index (κ2) is 8.58. The number of ether oxygens (including phenoxy) is 1. The largest absolute Gasteiger partial charge is 0.489 e. The summed E-state index contributed by atoms with van der Waals surface area (Å²) in [7, 11) is 0. The van der Waals surface area contributed by atoms with E-state index in [1.807, 2.05) is 42.5 Å². The Bertz CT molecular complexity index is 756. The van der Waals surface area contributed by atoms with Crippen molar-refractivity contribution in [1.82, 2.24) is 4.98 Å². The number of aromatic nitrogens is 1. The van der Waals surface area contributed by atoms with Gasteiger partial charge in [-0.05, 0) is 41.8 Å². The molecule has 0 N–H and O–H groups in total. The van der Waals surface area contributed by atoms with Crippen molar-refractivity contribution in [2.24, 2.45) is 10.2 Å². The zero-order chi connectivity index (χ0) is 16.5. The standard InChI is InChI=1S/C20H19N3O/c1-2-4-18(5-3-1)16-24-20-8-6-17(7-9-20)10-15-22-23-19-11-13-21-14-12-19/h1-9,11-14H,10,15-16H2. The van der Waals surface area contributed by atoms with Crippen LogP contribution in [0.25, 0.3) is 0 Å². The summed E-state index contributed by atoms with van der Waals surface area (Å²) in [6.45, 7) is 1.24. The molecule has 0 amide bonds. The maximum absolute atomic E-state index is 5.78. The second-order valence-electron chi connectivity index (χ2n) is 5.34. The molecule has 0 radical (unpaired) electrons. The number of pyridine rings is 1. The Labute approximate surface area is 141 Å². The minimum atomic E-state index is 0.584. The van der Waals surface area contributed by atoms with Gasteiger partial charge in [-0.15, -0.1) is 0 Å². The van der Waals surface area contributed by atoms with Crippen molar-refractivity contribution in [3.05, 3.63) is 90.3 Å². The molecule has 3 aromatic rings. The lowest BCUT2D eigenvalue weighted by Gasteiger charge is -2.07. The maximum atomic E-state index is 5.78. The molecule has 2 aromatic carbocycles. The van der Waals surface area contributed by atoms with Crippen LogP contribution in [0.15, 0.2) is 89.4 Å². The summed E-state index contributed by atoms with van der Waals surface area (Å²) >= 11 is 0. The average Bonchev–Trinajstić information content (AvgIpc) is 2.66. The third kappa shape index (κ3) is 5.02. The predicted molar refractivity (Wildman–Crippen MR) is 94.5 cm³/mol. The molecule has 0 unspecified atom stereocenters. The number of rotatable bonds is 7. The second-order valence-corrected chi connectivity index (χ2v) is 5.34. The molecule has 0 atom stereocenters. The van der Waals surface area contributed by atoms with Crippen LogP contribution in [0, 0.1) is 0 Å². The van der Waals surface area contributed by atoms with E-state index >= 15 is 0 Å². The quantitative estimate of drug-likeness (QED) is 0.576. The van der Waals surface area contributed by atoms with Gasteiger partial charge in [-0.25, -0.2) is 0 Å². The summed E-state index contributed by atoms with van der Waals surface area (Å²) in [6.07, 6.45) is 4.28. The predicted octanol–water partition coefficient (Wildman–Crippen LogP) is 4.99. The van der Waals surface area contributed by atoms with E-state index in [0.717, 1.165) is 23.4 Å². The van der Waals surface area contributed by atoms with E-state index in [-0.39, 0.29) is 0 Å². The van der Waals surface area contributed by atoms with Crippen molar-refractivity contribution < 1.29 is 4.74 Å². The third-order valence-corrected chi connectivity index (χ3v) is 3.52. The summed E-state index contributed by atoms with van der Waals surface area (Å²) in [4.78, 5) is 3.95. The van der Waals surface area contributed by atoms with Crippen molar-refractivity contribution in [2.45, 2.75) is 13.0 Å². The Morgan fingerprint density at radius 3 is 2.29 bits per heavy atom. The molecule has 0 aliphatic heterocycles. The van der Waals surface area contributed by atoms with Gasteiger partial charge in [0.2, 0.25) is 0 Å². The highest BCUT2D eigenvalue weighted by Crippen LogP contribution is 2.15. The molecule has 0 fully saturated rings. The molecule has 0 spiro atoms. The van der Waals surface area contributed by atoms with Crippen molar-refractivity contribution in [3.8, 4) is 5.75 Å². The number of nitrogens with zero attached hydrogens (tertiary/aromatic N) is 3. The first-order valence-corrected chi connectivity index (χ1v) is 7.93. The molecule has 120 valence electrons. The van der Waals surface area contributed by atoms with Crippen molar-refractivity contribution in [1.29, 1.82) is 0 Å². The summed E-state index contributed by atoms with van der Waals surface area (Å²) in [5, 5.41) is 8.36. The summed E-state index contributed by atoms with van der Waals surface area (Å²) < 4.78 is 5.78. The fourth-order valence-corrected chi connectivity index (χ4v) is 2.21. The molecule has 1 aromatic heterocycles. The first kappa shape index (κ1) is 15.9. The number of hydrogen-bond acceptors (Lipinski definition) is 4. The molecule has 0 saturated carbocycles. The van der Waals surface area contributed by atoms with Crippen molar-refractivity contribution in [2.75, 3.05) is 6.54 Å². The van der Waals surface area contributed by atoms with E-state index in [9.17, 15) is 0 Å². The van der Waals surface area contributed by atoms with Gasteiger partial charge >= 0.3 is 0 Å². The first-order chi connectivity index (χ1) is 11.9. The van der Waals surface area contributed by atoms with E-state index in [4.69, 9.17) is 4.74 Å². The van der Waals surface area contributed by atoms with Crippen LogP contribution in [0.4, 0.5) is 5.69 Å². The van der Waals surface area contributed by atoms with Crippen LogP contribution in [-0.4, -0.2) is 11.5 Å². The summed E-state index contributed by atoms with van der Waals surface area (Å²) in [6, 6.07) is 22.0. The van der Waals surface area contributed by atoms with Crippen LogP contribution in [0.1, 0.15) is 11.1 Å². The maximum Gasteiger partial charge on any atom is 0.119 e. The molecule has 24 heavy (non-hydrogen) atoms. The molecule has 0 bridgehead atoms. The molecule has 4 nitrogen and oxygen atoms in total. The van der Waals surface area contributed by atoms with Gasteiger partial charge in [0, 0.05) is 12.4 Å². The van der Waals surface area contributed by atoms with Gasteiger partial charge in [0.15, 0.2) is 0 Å². The van der Waals surface area contributed by atoms with Gasteiger partial charge in [-0.3, -0.25) is 4.98 Å². The monoisotopic (exact) mass is 317 g/mol. The van der Waals surface area contributed by atoms with Gasteiger partial charge in [-0.2, -0.15) is 10.2 Å². The van der Waals surface area contributed by atoms with Crippen LogP contribution in [0.5, 0.6) is 5.75 Å². The fraction of sp³-hybridized carbons (Fsp3) is 0.150. The number of azo groups is 1. The highest BCUT2D eigenvalue weighted by atomic mass is 16.5. The molecule has 1 heterocycles. The molecule has 0 saturated heterocycles. The fourth-order valence-electron chi connectivity index (χ4n) is 2.21. The summed E-state index contributed by atoms with van der Waals surface area (Å²) in [5.41, 5.74) is 3.21. The topological polar surface area (TPSA) is 46.8 Å². The van der Waals surface area contributed by atoms with E-state index in [1.54, 1.807) is 12.4 Å². The molecular formula is C20H19N3O. The zero-order valence-electron chi connectivity index (χ0n) is 13.4. The zero-order valence-corrected chi connectivity index (χ0v) is 13.4. The van der Waals surface area contributed by atoms with E-state index in [1.165, 1.54) is 5.56 Å². The Kier molecular flexibility index (Phi) is 5.67. The van der Waals surface area contributed by atoms with Crippen molar-refractivity contribution >= 4 is 5.69 Å². The molecule has 0 aliphatic rings.